The molecule has 1 N–H and O–H groups in total. The molecule has 1 heterocycles. The number of nitrogens with zero attached hydrogens (tertiary/aromatic N) is 1. The van der Waals surface area contributed by atoms with Gasteiger partial charge in [0.25, 0.3) is 10.0 Å². The van der Waals surface area contributed by atoms with Gasteiger partial charge in [0, 0.05) is 15.9 Å². The predicted molar refractivity (Wildman–Crippen MR) is 122 cm³/mol. The number of fused-ring (bicyclic) bond motifs is 1. The fourth-order valence-electron chi connectivity index (χ4n) is 3.01. The average Bonchev–Trinajstić information content (AvgIpc) is 3.11. The van der Waals surface area contributed by atoms with Crippen LogP contribution in [0, 0.1) is 6.92 Å². The zero-order chi connectivity index (χ0) is 23.5. The third-order valence-corrected chi connectivity index (χ3v) is 6.48. The van der Waals surface area contributed by atoms with E-state index in [9.17, 15) is 13.2 Å². The molecule has 3 aromatic rings. The number of nitrogens with one attached hydrogen (secondary N) is 1. The van der Waals surface area contributed by atoms with Crippen molar-refractivity contribution in [1.82, 2.24) is 5.16 Å². The Morgan fingerprint density at radius 3 is 2.62 bits per heavy atom. The van der Waals surface area contributed by atoms with Gasteiger partial charge >= 0.3 is 5.97 Å². The number of carbonyl (C=O) groups excluding carboxylic acids is 1. The standard InChI is InChI=1S/C21H23BrN2O7S/c1-5-16(21(25)29-6-2)30-19-11-18-14(12(3)23-31-18)10-15(19)24-32(26,27)20-9-13(22)7-8-17(20)28-4/h7-11,16,24H,5-6H2,1-4H3. The number of benzene rings is 2. The van der Waals surface area contributed by atoms with Gasteiger partial charge in [0.2, 0.25) is 0 Å². The van der Waals surface area contributed by atoms with Crippen LogP contribution in [0.1, 0.15) is 26.0 Å². The third-order valence-electron chi connectivity index (χ3n) is 4.60. The van der Waals surface area contributed by atoms with Crippen molar-refractivity contribution in [3.8, 4) is 11.5 Å². The number of ether oxygens (including phenoxy) is 3. The third kappa shape index (κ3) is 4.99. The summed E-state index contributed by atoms with van der Waals surface area (Å²) in [6, 6.07) is 7.68. The van der Waals surface area contributed by atoms with Crippen molar-refractivity contribution >= 4 is 48.6 Å². The molecule has 0 aliphatic heterocycles. The van der Waals surface area contributed by atoms with E-state index in [1.54, 1.807) is 32.9 Å². The van der Waals surface area contributed by atoms with Gasteiger partial charge in [0.1, 0.15) is 16.4 Å². The maximum Gasteiger partial charge on any atom is 0.347 e. The lowest BCUT2D eigenvalue weighted by Gasteiger charge is -2.19. The number of hydrogen-bond donors (Lipinski definition) is 1. The van der Waals surface area contributed by atoms with Gasteiger partial charge in [-0.15, -0.1) is 0 Å². The molecular formula is C21H23BrN2O7S. The normalized spacial score (nSPS) is 12.4. The van der Waals surface area contributed by atoms with E-state index in [2.05, 4.69) is 25.8 Å². The second-order valence-electron chi connectivity index (χ2n) is 6.78. The molecular weight excluding hydrogens is 504 g/mol. The Morgan fingerprint density at radius 2 is 1.97 bits per heavy atom. The van der Waals surface area contributed by atoms with Crippen LogP contribution < -0.4 is 14.2 Å². The number of halogens is 1. The summed E-state index contributed by atoms with van der Waals surface area (Å²) in [5, 5.41) is 4.51. The quantitative estimate of drug-likeness (QED) is 0.407. The van der Waals surface area contributed by atoms with E-state index in [0.29, 0.717) is 27.6 Å². The molecule has 1 aromatic heterocycles. The molecule has 0 aliphatic carbocycles. The number of aryl methyl sites for hydroxylation is 1. The van der Waals surface area contributed by atoms with Gasteiger partial charge < -0.3 is 18.7 Å². The van der Waals surface area contributed by atoms with Gasteiger partial charge in [0.15, 0.2) is 11.7 Å². The van der Waals surface area contributed by atoms with Gasteiger partial charge in [0.05, 0.1) is 25.1 Å². The minimum absolute atomic E-state index is 0.0695. The Hall–Kier alpha value is -2.79. The predicted octanol–water partition coefficient (Wildman–Crippen LogP) is 4.43. The van der Waals surface area contributed by atoms with Crippen LogP contribution in [0.2, 0.25) is 0 Å². The summed E-state index contributed by atoms with van der Waals surface area (Å²) in [6.07, 6.45) is -0.613. The molecule has 9 nitrogen and oxygen atoms in total. The Bertz CT molecular complexity index is 1240. The number of aromatic nitrogens is 1. The van der Waals surface area contributed by atoms with Crippen LogP contribution >= 0.6 is 15.9 Å². The minimum Gasteiger partial charge on any atom is -0.495 e. The number of hydrogen-bond acceptors (Lipinski definition) is 8. The molecule has 11 heteroatoms. The van der Waals surface area contributed by atoms with Crippen molar-refractivity contribution < 1.29 is 31.9 Å². The van der Waals surface area contributed by atoms with Gasteiger partial charge in [-0.3, -0.25) is 4.72 Å². The molecule has 1 atom stereocenters. The van der Waals surface area contributed by atoms with Crippen LogP contribution in [0.5, 0.6) is 11.5 Å². The van der Waals surface area contributed by atoms with E-state index in [4.69, 9.17) is 18.7 Å². The van der Waals surface area contributed by atoms with Crippen LogP contribution in [0.15, 0.2) is 44.2 Å². The topological polar surface area (TPSA) is 117 Å². The van der Waals surface area contributed by atoms with Gasteiger partial charge in [-0.25, -0.2) is 13.2 Å². The van der Waals surface area contributed by atoms with Crippen LogP contribution in [0.4, 0.5) is 5.69 Å². The SMILES string of the molecule is CCOC(=O)C(CC)Oc1cc2onc(C)c2cc1NS(=O)(=O)c1cc(Br)ccc1OC. The lowest BCUT2D eigenvalue weighted by molar-refractivity contribution is -0.151. The zero-order valence-corrected chi connectivity index (χ0v) is 20.4. The summed E-state index contributed by atoms with van der Waals surface area (Å²) in [5.41, 5.74) is 1.08. The van der Waals surface area contributed by atoms with E-state index in [1.165, 1.54) is 25.3 Å². The smallest absolute Gasteiger partial charge is 0.347 e. The lowest BCUT2D eigenvalue weighted by Crippen LogP contribution is -2.29. The Labute approximate surface area is 194 Å². The molecule has 0 fully saturated rings. The number of anilines is 1. The molecule has 0 saturated heterocycles. The first kappa shape index (κ1) is 23.9. The number of methoxy groups -OCH3 is 1. The summed E-state index contributed by atoms with van der Waals surface area (Å²) in [6.45, 7) is 5.38. The Balaban J connectivity index is 2.08. The second kappa shape index (κ2) is 9.78. The molecule has 0 radical (unpaired) electrons. The van der Waals surface area contributed by atoms with Crippen LogP contribution in [-0.2, 0) is 19.6 Å². The second-order valence-corrected chi connectivity index (χ2v) is 9.35. The first-order valence-corrected chi connectivity index (χ1v) is 12.1. The first-order valence-electron chi connectivity index (χ1n) is 9.79. The van der Waals surface area contributed by atoms with E-state index < -0.39 is 22.1 Å². The van der Waals surface area contributed by atoms with Crippen molar-refractivity contribution in [2.75, 3.05) is 18.4 Å². The summed E-state index contributed by atoms with van der Waals surface area (Å²) in [4.78, 5) is 12.2. The van der Waals surface area contributed by atoms with Crippen LogP contribution in [0.3, 0.4) is 0 Å². The highest BCUT2D eigenvalue weighted by atomic mass is 79.9. The summed E-state index contributed by atoms with van der Waals surface area (Å²) < 4.78 is 51.0. The molecule has 172 valence electrons. The molecule has 0 spiro atoms. The molecule has 0 bridgehead atoms. The maximum absolute atomic E-state index is 13.2. The fourth-order valence-corrected chi connectivity index (χ4v) is 4.78. The molecule has 32 heavy (non-hydrogen) atoms. The maximum atomic E-state index is 13.2. The summed E-state index contributed by atoms with van der Waals surface area (Å²) in [5.74, 6) is -0.277. The molecule has 1 unspecified atom stereocenters. The van der Waals surface area contributed by atoms with Crippen molar-refractivity contribution in [2.24, 2.45) is 0 Å². The molecule has 3 rings (SSSR count). The van der Waals surface area contributed by atoms with Gasteiger partial charge in [-0.2, -0.15) is 0 Å². The van der Waals surface area contributed by atoms with Gasteiger partial charge in [-0.05, 0) is 44.5 Å². The Kier molecular flexibility index (Phi) is 7.29. The van der Waals surface area contributed by atoms with Crippen LogP contribution in [0.25, 0.3) is 11.0 Å². The minimum atomic E-state index is -4.09. The molecule has 0 amide bonds. The van der Waals surface area contributed by atoms with E-state index >= 15 is 0 Å². The van der Waals surface area contributed by atoms with Crippen molar-refractivity contribution in [3.63, 3.8) is 0 Å². The lowest BCUT2D eigenvalue weighted by atomic mass is 10.2. The van der Waals surface area contributed by atoms with E-state index in [1.807, 2.05) is 0 Å². The number of rotatable bonds is 9. The first-order chi connectivity index (χ1) is 15.2. The monoisotopic (exact) mass is 526 g/mol. The highest BCUT2D eigenvalue weighted by molar-refractivity contribution is 9.10. The highest BCUT2D eigenvalue weighted by Gasteiger charge is 2.26. The molecule has 2 aromatic carbocycles. The van der Waals surface area contributed by atoms with Gasteiger partial charge in [-0.1, -0.05) is 28.0 Å². The van der Waals surface area contributed by atoms with E-state index in [0.717, 1.165) is 0 Å². The highest BCUT2D eigenvalue weighted by Crippen LogP contribution is 2.36. The van der Waals surface area contributed by atoms with E-state index in [-0.39, 0.29) is 28.7 Å². The molecule has 0 saturated carbocycles. The fraction of sp³-hybridized carbons (Fsp3) is 0.333. The largest absolute Gasteiger partial charge is 0.495 e. The number of carbonyl (C=O) groups is 1. The summed E-state index contributed by atoms with van der Waals surface area (Å²) >= 11 is 3.28. The summed E-state index contributed by atoms with van der Waals surface area (Å²) in [7, 11) is -2.71. The average molecular weight is 527 g/mol. The number of sulfonamides is 1. The zero-order valence-electron chi connectivity index (χ0n) is 18.0. The van der Waals surface area contributed by atoms with Crippen molar-refractivity contribution in [1.29, 1.82) is 0 Å². The Morgan fingerprint density at radius 1 is 1.22 bits per heavy atom. The van der Waals surface area contributed by atoms with Crippen molar-refractivity contribution in [2.45, 2.75) is 38.2 Å². The van der Waals surface area contributed by atoms with Crippen LogP contribution in [-0.4, -0.2) is 39.4 Å². The number of esters is 1. The van der Waals surface area contributed by atoms with Crippen molar-refractivity contribution in [3.05, 3.63) is 40.5 Å². The molecule has 0 aliphatic rings.